The van der Waals surface area contributed by atoms with Gasteiger partial charge in [0.05, 0.1) is 0 Å². The molecule has 0 aromatic carbocycles. The van der Waals surface area contributed by atoms with Gasteiger partial charge in [-0.1, -0.05) is 0 Å². The maximum Gasteiger partial charge on any atom is 0.133 e. The highest BCUT2D eigenvalue weighted by Gasteiger charge is 2.26. The van der Waals surface area contributed by atoms with Crippen molar-refractivity contribution in [1.29, 1.82) is 0 Å². The molecule has 0 radical (unpaired) electrons. The SMILES string of the molecule is c1cc(N[C@@H]2CCNC2)nc(C2CC2)n1. The molecule has 2 heterocycles. The molecular formula is C11H16N4. The number of anilines is 1. The van der Waals surface area contributed by atoms with Crippen molar-refractivity contribution in [3.63, 3.8) is 0 Å². The molecule has 1 saturated carbocycles. The van der Waals surface area contributed by atoms with Crippen LogP contribution >= 0.6 is 0 Å². The molecule has 1 atom stereocenters. The molecule has 80 valence electrons. The summed E-state index contributed by atoms with van der Waals surface area (Å²) >= 11 is 0. The van der Waals surface area contributed by atoms with E-state index in [0.717, 1.165) is 24.7 Å². The fraction of sp³-hybridized carbons (Fsp3) is 0.636. The Morgan fingerprint density at radius 2 is 2.27 bits per heavy atom. The topological polar surface area (TPSA) is 49.8 Å². The number of aromatic nitrogens is 2. The zero-order valence-corrected chi connectivity index (χ0v) is 8.74. The minimum atomic E-state index is 0.534. The average Bonchev–Trinajstić information content (AvgIpc) is 3.00. The maximum atomic E-state index is 4.55. The largest absolute Gasteiger partial charge is 0.366 e. The Hall–Kier alpha value is -1.16. The van der Waals surface area contributed by atoms with Crippen molar-refractivity contribution in [3.05, 3.63) is 18.1 Å². The molecule has 1 aliphatic heterocycles. The summed E-state index contributed by atoms with van der Waals surface area (Å²) in [7, 11) is 0. The number of hydrogen-bond donors (Lipinski definition) is 2. The van der Waals surface area contributed by atoms with Crippen molar-refractivity contribution in [3.8, 4) is 0 Å². The van der Waals surface area contributed by atoms with Crippen molar-refractivity contribution in [2.24, 2.45) is 0 Å². The first-order valence-electron chi connectivity index (χ1n) is 5.72. The molecule has 0 spiro atoms. The van der Waals surface area contributed by atoms with Crippen LogP contribution in [-0.2, 0) is 0 Å². The van der Waals surface area contributed by atoms with Gasteiger partial charge in [-0.3, -0.25) is 0 Å². The van der Waals surface area contributed by atoms with E-state index in [-0.39, 0.29) is 0 Å². The Kier molecular flexibility index (Phi) is 2.29. The second-order valence-electron chi connectivity index (χ2n) is 4.41. The molecule has 3 rings (SSSR count). The van der Waals surface area contributed by atoms with Gasteiger partial charge >= 0.3 is 0 Å². The van der Waals surface area contributed by atoms with Crippen LogP contribution in [0.4, 0.5) is 5.82 Å². The lowest BCUT2D eigenvalue weighted by atomic mass is 10.2. The van der Waals surface area contributed by atoms with Gasteiger partial charge in [-0.25, -0.2) is 9.97 Å². The molecular weight excluding hydrogens is 188 g/mol. The molecule has 1 aromatic rings. The number of nitrogens with zero attached hydrogens (tertiary/aromatic N) is 2. The molecule has 0 bridgehead atoms. The summed E-state index contributed by atoms with van der Waals surface area (Å²) in [6, 6.07) is 2.50. The summed E-state index contributed by atoms with van der Waals surface area (Å²) in [6.45, 7) is 2.15. The van der Waals surface area contributed by atoms with Crippen LogP contribution in [0.1, 0.15) is 31.0 Å². The highest BCUT2D eigenvalue weighted by atomic mass is 15.1. The van der Waals surface area contributed by atoms with E-state index in [9.17, 15) is 0 Å². The van der Waals surface area contributed by atoms with Crippen LogP contribution in [0.3, 0.4) is 0 Å². The third-order valence-corrected chi connectivity index (χ3v) is 3.03. The molecule has 4 heteroatoms. The van der Waals surface area contributed by atoms with Gasteiger partial charge in [0, 0.05) is 24.7 Å². The molecule has 2 N–H and O–H groups in total. The van der Waals surface area contributed by atoms with E-state index in [0.29, 0.717) is 12.0 Å². The van der Waals surface area contributed by atoms with E-state index in [1.807, 2.05) is 12.3 Å². The maximum absolute atomic E-state index is 4.55. The van der Waals surface area contributed by atoms with Crippen LogP contribution in [-0.4, -0.2) is 29.1 Å². The van der Waals surface area contributed by atoms with Gasteiger partial charge in [0.25, 0.3) is 0 Å². The average molecular weight is 204 g/mol. The van der Waals surface area contributed by atoms with E-state index in [2.05, 4.69) is 20.6 Å². The van der Waals surface area contributed by atoms with Crippen molar-refractivity contribution in [2.75, 3.05) is 18.4 Å². The fourth-order valence-corrected chi connectivity index (χ4v) is 1.98. The highest BCUT2D eigenvalue weighted by Crippen LogP contribution is 2.38. The molecule has 1 aromatic heterocycles. The van der Waals surface area contributed by atoms with E-state index in [1.165, 1.54) is 19.3 Å². The van der Waals surface area contributed by atoms with Gasteiger partial charge in [-0.15, -0.1) is 0 Å². The zero-order chi connectivity index (χ0) is 10.1. The Labute approximate surface area is 89.5 Å². The first kappa shape index (κ1) is 9.09. The standard InChI is InChI=1S/C11H16N4/c1-2-8(1)11-13-6-4-10(15-11)14-9-3-5-12-7-9/h4,6,8-9,12H,1-3,5,7H2,(H,13,14,15)/t9-/m1/s1. The van der Waals surface area contributed by atoms with E-state index < -0.39 is 0 Å². The number of rotatable bonds is 3. The minimum absolute atomic E-state index is 0.534. The fourth-order valence-electron chi connectivity index (χ4n) is 1.98. The summed E-state index contributed by atoms with van der Waals surface area (Å²) in [5.41, 5.74) is 0. The predicted molar refractivity (Wildman–Crippen MR) is 58.9 cm³/mol. The van der Waals surface area contributed by atoms with Crippen molar-refractivity contribution in [1.82, 2.24) is 15.3 Å². The first-order chi connectivity index (χ1) is 7.42. The normalized spacial score (nSPS) is 25.5. The van der Waals surface area contributed by atoms with Crippen LogP contribution in [0.15, 0.2) is 12.3 Å². The quantitative estimate of drug-likeness (QED) is 0.775. The van der Waals surface area contributed by atoms with Crippen molar-refractivity contribution >= 4 is 5.82 Å². The molecule has 4 nitrogen and oxygen atoms in total. The lowest BCUT2D eigenvalue weighted by molar-refractivity contribution is 0.782. The van der Waals surface area contributed by atoms with Gasteiger partial charge in [0.15, 0.2) is 0 Å². The number of nitrogens with one attached hydrogen (secondary N) is 2. The molecule has 1 aliphatic carbocycles. The summed E-state index contributed by atoms with van der Waals surface area (Å²) in [6.07, 6.45) is 5.57. The molecule has 0 amide bonds. The first-order valence-corrected chi connectivity index (χ1v) is 5.72. The Bertz CT molecular complexity index is 342. The van der Waals surface area contributed by atoms with E-state index in [1.54, 1.807) is 0 Å². The monoisotopic (exact) mass is 204 g/mol. The molecule has 0 unspecified atom stereocenters. The van der Waals surface area contributed by atoms with Gasteiger partial charge in [-0.2, -0.15) is 0 Å². The van der Waals surface area contributed by atoms with Crippen LogP contribution in [0.2, 0.25) is 0 Å². The Morgan fingerprint density at radius 3 is 3.00 bits per heavy atom. The van der Waals surface area contributed by atoms with Gasteiger partial charge in [0.2, 0.25) is 0 Å². The lowest BCUT2D eigenvalue weighted by Gasteiger charge is -2.12. The highest BCUT2D eigenvalue weighted by molar-refractivity contribution is 5.35. The lowest BCUT2D eigenvalue weighted by Crippen LogP contribution is -2.22. The molecule has 15 heavy (non-hydrogen) atoms. The summed E-state index contributed by atoms with van der Waals surface area (Å²) in [4.78, 5) is 8.86. The third-order valence-electron chi connectivity index (χ3n) is 3.03. The summed E-state index contributed by atoms with van der Waals surface area (Å²) in [5, 5.41) is 6.79. The van der Waals surface area contributed by atoms with Crippen molar-refractivity contribution < 1.29 is 0 Å². The van der Waals surface area contributed by atoms with E-state index in [4.69, 9.17) is 0 Å². The van der Waals surface area contributed by atoms with Crippen LogP contribution < -0.4 is 10.6 Å². The second-order valence-corrected chi connectivity index (χ2v) is 4.41. The Balaban J connectivity index is 1.70. The van der Waals surface area contributed by atoms with Crippen LogP contribution in [0.5, 0.6) is 0 Å². The van der Waals surface area contributed by atoms with E-state index >= 15 is 0 Å². The molecule has 1 saturated heterocycles. The summed E-state index contributed by atoms with van der Waals surface area (Å²) < 4.78 is 0. The minimum Gasteiger partial charge on any atom is -0.366 e. The predicted octanol–water partition coefficient (Wildman–Crippen LogP) is 1.13. The Morgan fingerprint density at radius 1 is 1.33 bits per heavy atom. The zero-order valence-electron chi connectivity index (χ0n) is 8.74. The second kappa shape index (κ2) is 3.77. The number of hydrogen-bond acceptors (Lipinski definition) is 4. The summed E-state index contributed by atoms with van der Waals surface area (Å²) in [5.74, 6) is 2.64. The van der Waals surface area contributed by atoms with Crippen LogP contribution in [0.25, 0.3) is 0 Å². The van der Waals surface area contributed by atoms with Gasteiger partial charge in [-0.05, 0) is 31.9 Å². The van der Waals surface area contributed by atoms with Gasteiger partial charge < -0.3 is 10.6 Å². The van der Waals surface area contributed by atoms with Crippen molar-refractivity contribution in [2.45, 2.75) is 31.2 Å². The molecule has 2 aliphatic rings. The smallest absolute Gasteiger partial charge is 0.133 e. The molecule has 2 fully saturated rings. The third kappa shape index (κ3) is 2.09. The van der Waals surface area contributed by atoms with Crippen LogP contribution in [0, 0.1) is 0 Å². The van der Waals surface area contributed by atoms with Gasteiger partial charge in [0.1, 0.15) is 11.6 Å².